The van der Waals surface area contributed by atoms with Crippen molar-refractivity contribution in [3.63, 3.8) is 0 Å². The molecule has 0 aromatic carbocycles. The van der Waals surface area contributed by atoms with Gasteiger partial charge in [-0.3, -0.25) is 24.7 Å². The van der Waals surface area contributed by atoms with Gasteiger partial charge in [-0.25, -0.2) is 4.79 Å². The molecule has 3 rings (SSSR count). The van der Waals surface area contributed by atoms with Crippen LogP contribution in [0.4, 0.5) is 0 Å². The van der Waals surface area contributed by atoms with Gasteiger partial charge < -0.3 is 25.0 Å². The highest BCUT2D eigenvalue weighted by Crippen LogP contribution is 2.26. The Morgan fingerprint density at radius 1 is 1.25 bits per heavy atom. The van der Waals surface area contributed by atoms with E-state index < -0.39 is 42.2 Å². The van der Waals surface area contributed by atoms with Crippen LogP contribution in [-0.4, -0.2) is 81.0 Å². The Kier molecular flexibility index (Phi) is 7.74. The summed E-state index contributed by atoms with van der Waals surface area (Å²) in [5.41, 5.74) is 0.210. The maximum absolute atomic E-state index is 12.7. The van der Waals surface area contributed by atoms with Crippen molar-refractivity contribution in [1.29, 1.82) is 0 Å². The van der Waals surface area contributed by atoms with Gasteiger partial charge in [-0.15, -0.1) is 5.48 Å². The highest BCUT2D eigenvalue weighted by Gasteiger charge is 2.47. The summed E-state index contributed by atoms with van der Waals surface area (Å²) in [4.78, 5) is 46.9. The zero-order valence-corrected chi connectivity index (χ0v) is 17.5. The quantitative estimate of drug-likeness (QED) is 0.302. The molecule has 1 aromatic heterocycles. The van der Waals surface area contributed by atoms with Gasteiger partial charge in [0.05, 0.1) is 25.5 Å². The summed E-state index contributed by atoms with van der Waals surface area (Å²) in [6.07, 6.45) is 4.14. The molecule has 0 radical (unpaired) electrons. The zero-order valence-electron chi connectivity index (χ0n) is 17.5. The normalized spacial score (nSPS) is 26.1. The van der Waals surface area contributed by atoms with Crippen molar-refractivity contribution in [2.24, 2.45) is 0 Å². The van der Waals surface area contributed by atoms with Crippen molar-refractivity contribution in [2.45, 2.75) is 49.6 Å². The summed E-state index contributed by atoms with van der Waals surface area (Å²) >= 11 is 0. The second-order valence-corrected chi connectivity index (χ2v) is 8.10. The lowest BCUT2D eigenvalue weighted by atomic mass is 9.96. The molecule has 12 nitrogen and oxygen atoms in total. The average Bonchev–Trinajstić information content (AvgIpc) is 2.74. The molecule has 2 aliphatic rings. The molecule has 3 heterocycles. The van der Waals surface area contributed by atoms with E-state index in [9.17, 15) is 24.6 Å². The van der Waals surface area contributed by atoms with Gasteiger partial charge in [0, 0.05) is 24.5 Å². The lowest BCUT2D eigenvalue weighted by molar-refractivity contribution is -0.230. The molecule has 176 valence electrons. The summed E-state index contributed by atoms with van der Waals surface area (Å²) in [5.74, 6) is -6.24. The largest absolute Gasteiger partial charge is 0.481 e. The standard InChI is InChI=1S/C20H28N4O8/c25-16(26)9-19(30,18(28)29)10-17(27)32-20(14-5-4-6-21-11-14)22-15(13-31-23-20)12-24-7-2-1-3-8-24/h4-6,11,15,22-23,30H,1-3,7-10,12-13H2,(H,25,26)(H,28,29). The number of carbonyl (C=O) groups excluding carboxylic acids is 1. The molecule has 1 aromatic rings. The second-order valence-electron chi connectivity index (χ2n) is 8.10. The highest BCUT2D eigenvalue weighted by molar-refractivity contribution is 5.88. The number of ether oxygens (including phenoxy) is 1. The second kappa shape index (κ2) is 10.3. The van der Waals surface area contributed by atoms with Crippen LogP contribution in [0.1, 0.15) is 37.7 Å². The van der Waals surface area contributed by atoms with Gasteiger partial charge in [-0.1, -0.05) is 6.42 Å². The lowest BCUT2D eigenvalue weighted by Gasteiger charge is -2.43. The van der Waals surface area contributed by atoms with E-state index in [0.717, 1.165) is 25.9 Å². The van der Waals surface area contributed by atoms with Crippen LogP contribution in [0.2, 0.25) is 0 Å². The van der Waals surface area contributed by atoms with Crippen LogP contribution in [0.5, 0.6) is 0 Å². The average molecular weight is 452 g/mol. The van der Waals surface area contributed by atoms with Gasteiger partial charge in [0.2, 0.25) is 0 Å². The lowest BCUT2D eigenvalue weighted by Crippen LogP contribution is -2.67. The van der Waals surface area contributed by atoms with Crippen molar-refractivity contribution in [2.75, 3.05) is 26.2 Å². The molecule has 0 spiro atoms. The predicted molar refractivity (Wildman–Crippen MR) is 108 cm³/mol. The van der Waals surface area contributed by atoms with Crippen molar-refractivity contribution < 1.29 is 39.3 Å². The minimum absolute atomic E-state index is 0.236. The third-order valence-electron chi connectivity index (χ3n) is 5.45. The van der Waals surface area contributed by atoms with Crippen LogP contribution in [0.15, 0.2) is 24.5 Å². The number of rotatable bonds is 9. The van der Waals surface area contributed by atoms with Gasteiger partial charge >= 0.3 is 17.9 Å². The molecule has 0 amide bonds. The number of aromatic nitrogens is 1. The molecule has 3 atom stereocenters. The van der Waals surface area contributed by atoms with E-state index in [1.807, 2.05) is 0 Å². The van der Waals surface area contributed by atoms with E-state index in [4.69, 9.17) is 14.7 Å². The molecule has 12 heteroatoms. The fraction of sp³-hybridized carbons (Fsp3) is 0.600. The molecule has 0 aliphatic carbocycles. The fourth-order valence-electron chi connectivity index (χ4n) is 3.89. The predicted octanol–water partition coefficient (Wildman–Crippen LogP) is -0.605. The van der Waals surface area contributed by atoms with Crippen molar-refractivity contribution >= 4 is 17.9 Å². The number of carbonyl (C=O) groups is 3. The number of carboxylic acid groups (broad SMARTS) is 2. The maximum Gasteiger partial charge on any atom is 0.336 e. The first-order valence-corrected chi connectivity index (χ1v) is 10.4. The summed E-state index contributed by atoms with van der Waals surface area (Å²) < 4.78 is 5.55. The molecule has 2 fully saturated rings. The first-order chi connectivity index (χ1) is 15.2. The molecule has 3 unspecified atom stereocenters. The monoisotopic (exact) mass is 452 g/mol. The summed E-state index contributed by atoms with van der Waals surface area (Å²) in [6, 6.07) is 3.02. The van der Waals surface area contributed by atoms with Gasteiger partial charge in [0.15, 0.2) is 5.60 Å². The minimum Gasteiger partial charge on any atom is -0.481 e. The summed E-state index contributed by atoms with van der Waals surface area (Å²) in [7, 11) is 0. The SMILES string of the molecule is O=C(O)CC(O)(CC(=O)OC1(c2cccnc2)NOCC(CN2CCCCC2)N1)C(=O)O. The van der Waals surface area contributed by atoms with Crippen molar-refractivity contribution in [1.82, 2.24) is 20.7 Å². The van der Waals surface area contributed by atoms with Crippen LogP contribution in [0.25, 0.3) is 0 Å². The number of hydrogen-bond acceptors (Lipinski definition) is 10. The Hall–Kier alpha value is -2.64. The number of aliphatic carboxylic acids is 2. The third kappa shape index (κ3) is 5.99. The number of pyridine rings is 1. The van der Waals surface area contributed by atoms with E-state index in [1.165, 1.54) is 18.8 Å². The first kappa shape index (κ1) is 24.0. The van der Waals surface area contributed by atoms with Crippen LogP contribution < -0.4 is 10.8 Å². The van der Waals surface area contributed by atoms with E-state index in [2.05, 4.69) is 20.7 Å². The molecule has 0 saturated carbocycles. The molecular weight excluding hydrogens is 424 g/mol. The minimum atomic E-state index is -2.82. The maximum atomic E-state index is 12.7. The van der Waals surface area contributed by atoms with Crippen LogP contribution in [0.3, 0.4) is 0 Å². The smallest absolute Gasteiger partial charge is 0.336 e. The Labute approximate surface area is 184 Å². The number of esters is 1. The van der Waals surface area contributed by atoms with E-state index in [-0.39, 0.29) is 12.6 Å². The number of carboxylic acids is 2. The Bertz CT molecular complexity index is 819. The molecular formula is C20H28N4O8. The number of likely N-dealkylation sites (tertiary alicyclic amines) is 1. The first-order valence-electron chi connectivity index (χ1n) is 10.4. The molecule has 2 aliphatic heterocycles. The molecule has 0 bridgehead atoms. The Morgan fingerprint density at radius 2 is 2.00 bits per heavy atom. The third-order valence-corrected chi connectivity index (χ3v) is 5.45. The fourth-order valence-corrected chi connectivity index (χ4v) is 3.89. The number of hydroxylamine groups is 1. The molecule has 32 heavy (non-hydrogen) atoms. The summed E-state index contributed by atoms with van der Waals surface area (Å²) in [6.45, 7) is 2.83. The van der Waals surface area contributed by atoms with Crippen LogP contribution in [-0.2, 0) is 29.8 Å². The van der Waals surface area contributed by atoms with Crippen molar-refractivity contribution in [3.8, 4) is 0 Å². The number of hydrogen-bond donors (Lipinski definition) is 5. The molecule has 2 saturated heterocycles. The number of piperidine rings is 1. The van der Waals surface area contributed by atoms with Crippen molar-refractivity contribution in [3.05, 3.63) is 30.1 Å². The summed E-state index contributed by atoms with van der Waals surface area (Å²) in [5, 5.41) is 31.6. The number of aliphatic hydroxyl groups is 1. The van der Waals surface area contributed by atoms with Gasteiger partial charge in [0.25, 0.3) is 5.85 Å². The molecule has 5 N–H and O–H groups in total. The Morgan fingerprint density at radius 3 is 2.62 bits per heavy atom. The highest BCUT2D eigenvalue weighted by atomic mass is 16.7. The number of nitrogens with one attached hydrogen (secondary N) is 2. The van der Waals surface area contributed by atoms with E-state index in [1.54, 1.807) is 12.1 Å². The van der Waals surface area contributed by atoms with Gasteiger partial charge in [-0.05, 0) is 38.1 Å². The van der Waals surface area contributed by atoms with Gasteiger partial charge in [0.1, 0.15) is 0 Å². The van der Waals surface area contributed by atoms with Crippen LogP contribution >= 0.6 is 0 Å². The topological polar surface area (TPSA) is 171 Å². The van der Waals surface area contributed by atoms with Crippen LogP contribution in [0, 0.1) is 0 Å². The number of nitrogens with zero attached hydrogens (tertiary/aromatic N) is 2. The van der Waals surface area contributed by atoms with Gasteiger partial charge in [-0.2, -0.15) is 0 Å². The Balaban J connectivity index is 1.78. The van der Waals surface area contributed by atoms with E-state index in [0.29, 0.717) is 12.1 Å². The van der Waals surface area contributed by atoms with E-state index >= 15 is 0 Å². The zero-order chi connectivity index (χ0) is 23.2.